The number of rotatable bonds is 8. The summed E-state index contributed by atoms with van der Waals surface area (Å²) in [5.74, 6) is 0.245. The first-order valence-corrected chi connectivity index (χ1v) is 11.8. The molecule has 0 aliphatic heterocycles. The van der Waals surface area contributed by atoms with Gasteiger partial charge in [0.15, 0.2) is 5.16 Å². The van der Waals surface area contributed by atoms with Crippen LogP contribution in [-0.2, 0) is 24.2 Å². The Morgan fingerprint density at radius 3 is 2.79 bits per heavy atom. The summed E-state index contributed by atoms with van der Waals surface area (Å²) < 4.78 is 1.79. The Morgan fingerprint density at radius 1 is 1.32 bits per heavy atom. The molecule has 154 valence electrons. The standard InChI is InChI=1S/C20H30N4O2S2/c1-13(2)21-16(25)12-27-20-22-18-17(14-8-5-6-9-15(14)28-18)19(26)24(20)11-7-10-23(3)4/h13H,5-12H2,1-4H3,(H,21,25). The van der Waals surface area contributed by atoms with E-state index in [9.17, 15) is 9.59 Å². The topological polar surface area (TPSA) is 67.2 Å². The van der Waals surface area contributed by atoms with Gasteiger partial charge in [0.05, 0.1) is 11.1 Å². The van der Waals surface area contributed by atoms with Crippen molar-refractivity contribution in [2.24, 2.45) is 0 Å². The molecule has 0 aromatic carbocycles. The number of amides is 1. The zero-order valence-corrected chi connectivity index (χ0v) is 18.8. The predicted octanol–water partition coefficient (Wildman–Crippen LogP) is 2.91. The smallest absolute Gasteiger partial charge is 0.263 e. The van der Waals surface area contributed by atoms with Crippen molar-refractivity contribution in [1.29, 1.82) is 0 Å². The summed E-state index contributed by atoms with van der Waals surface area (Å²) in [6, 6.07) is 0.106. The summed E-state index contributed by atoms with van der Waals surface area (Å²) in [6.07, 6.45) is 5.24. The molecule has 8 heteroatoms. The van der Waals surface area contributed by atoms with E-state index in [1.54, 1.807) is 15.9 Å². The minimum absolute atomic E-state index is 0.0281. The molecule has 28 heavy (non-hydrogen) atoms. The van der Waals surface area contributed by atoms with E-state index in [0.29, 0.717) is 11.7 Å². The number of thiophene rings is 1. The lowest BCUT2D eigenvalue weighted by atomic mass is 9.97. The Kier molecular flexibility index (Phi) is 7.17. The first-order valence-electron chi connectivity index (χ1n) is 9.98. The van der Waals surface area contributed by atoms with Crippen LogP contribution in [0.15, 0.2) is 9.95 Å². The van der Waals surface area contributed by atoms with Crippen LogP contribution in [0.1, 0.15) is 43.6 Å². The van der Waals surface area contributed by atoms with E-state index < -0.39 is 0 Å². The van der Waals surface area contributed by atoms with Gasteiger partial charge < -0.3 is 10.2 Å². The first kappa shape index (κ1) is 21.3. The maximum Gasteiger partial charge on any atom is 0.263 e. The summed E-state index contributed by atoms with van der Waals surface area (Å²) in [5, 5.41) is 4.38. The van der Waals surface area contributed by atoms with Crippen LogP contribution in [-0.4, -0.2) is 52.8 Å². The van der Waals surface area contributed by atoms with Crippen LogP contribution < -0.4 is 10.9 Å². The van der Waals surface area contributed by atoms with Crippen molar-refractivity contribution in [1.82, 2.24) is 19.8 Å². The van der Waals surface area contributed by atoms with E-state index >= 15 is 0 Å². The molecule has 0 fully saturated rings. The van der Waals surface area contributed by atoms with Crippen LogP contribution >= 0.6 is 23.1 Å². The molecule has 0 bridgehead atoms. The van der Waals surface area contributed by atoms with Crippen LogP contribution in [0.5, 0.6) is 0 Å². The van der Waals surface area contributed by atoms with Crippen molar-refractivity contribution >= 4 is 39.2 Å². The van der Waals surface area contributed by atoms with Crippen LogP contribution in [0.25, 0.3) is 10.2 Å². The van der Waals surface area contributed by atoms with Gasteiger partial charge >= 0.3 is 0 Å². The maximum absolute atomic E-state index is 13.4. The van der Waals surface area contributed by atoms with Crippen molar-refractivity contribution in [3.8, 4) is 0 Å². The Bertz CT molecular complexity index is 902. The highest BCUT2D eigenvalue weighted by Gasteiger charge is 2.22. The molecule has 6 nitrogen and oxygen atoms in total. The summed E-state index contributed by atoms with van der Waals surface area (Å²) in [5.41, 5.74) is 1.29. The molecule has 2 aromatic rings. The molecule has 1 aliphatic carbocycles. The van der Waals surface area contributed by atoms with Crippen LogP contribution in [0.4, 0.5) is 0 Å². The average Bonchev–Trinajstić information content (AvgIpc) is 2.99. The maximum atomic E-state index is 13.4. The Labute approximate surface area is 174 Å². The molecule has 2 heterocycles. The lowest BCUT2D eigenvalue weighted by Gasteiger charge is -2.15. The summed E-state index contributed by atoms with van der Waals surface area (Å²) in [4.78, 5) is 34.6. The fourth-order valence-corrected chi connectivity index (χ4v) is 5.70. The molecular weight excluding hydrogens is 392 g/mol. The molecule has 0 radical (unpaired) electrons. The number of thioether (sulfide) groups is 1. The van der Waals surface area contributed by atoms with Crippen LogP contribution in [0, 0.1) is 0 Å². The molecular formula is C20H30N4O2S2. The molecule has 1 N–H and O–H groups in total. The third-order valence-corrected chi connectivity index (χ3v) is 6.97. The highest BCUT2D eigenvalue weighted by molar-refractivity contribution is 7.99. The molecule has 1 aliphatic rings. The predicted molar refractivity (Wildman–Crippen MR) is 118 cm³/mol. The highest BCUT2D eigenvalue weighted by atomic mass is 32.2. The second-order valence-corrected chi connectivity index (χ2v) is 9.94. The van der Waals surface area contributed by atoms with Crippen molar-refractivity contribution in [3.05, 3.63) is 20.8 Å². The molecule has 1 amide bonds. The number of carbonyl (C=O) groups excluding carboxylic acids is 1. The lowest BCUT2D eigenvalue weighted by Crippen LogP contribution is -2.32. The van der Waals surface area contributed by atoms with E-state index in [0.717, 1.165) is 42.4 Å². The number of hydrogen-bond acceptors (Lipinski definition) is 6. The van der Waals surface area contributed by atoms with Gasteiger partial charge in [0, 0.05) is 17.5 Å². The fourth-order valence-electron chi connectivity index (χ4n) is 3.57. The SMILES string of the molecule is CC(C)NC(=O)CSc1nc2sc3c(c2c(=O)n1CCCN(C)C)CCCC3. The molecule has 0 spiro atoms. The number of hydrogen-bond donors (Lipinski definition) is 1. The average molecular weight is 423 g/mol. The van der Waals surface area contributed by atoms with Gasteiger partial charge in [-0.15, -0.1) is 11.3 Å². The van der Waals surface area contributed by atoms with E-state index in [1.165, 1.54) is 28.6 Å². The Balaban J connectivity index is 1.94. The largest absolute Gasteiger partial charge is 0.353 e. The van der Waals surface area contributed by atoms with Gasteiger partial charge in [0.1, 0.15) is 4.83 Å². The Hall–Kier alpha value is -1.38. The third-order valence-electron chi connectivity index (χ3n) is 4.81. The summed E-state index contributed by atoms with van der Waals surface area (Å²) in [7, 11) is 4.07. The zero-order chi connectivity index (χ0) is 20.3. The number of aryl methyl sites for hydroxylation is 2. The highest BCUT2D eigenvalue weighted by Crippen LogP contribution is 2.34. The second-order valence-electron chi connectivity index (χ2n) is 7.91. The minimum Gasteiger partial charge on any atom is -0.353 e. The fraction of sp³-hybridized carbons (Fsp3) is 0.650. The summed E-state index contributed by atoms with van der Waals surface area (Å²) in [6.45, 7) is 5.42. The molecule has 3 rings (SSSR count). The zero-order valence-electron chi connectivity index (χ0n) is 17.2. The van der Waals surface area contributed by atoms with Gasteiger partial charge in [-0.2, -0.15) is 0 Å². The first-order chi connectivity index (χ1) is 13.4. The number of fused-ring (bicyclic) bond motifs is 3. The Morgan fingerprint density at radius 2 is 2.07 bits per heavy atom. The van der Waals surface area contributed by atoms with Gasteiger partial charge in [0.2, 0.25) is 5.91 Å². The van der Waals surface area contributed by atoms with E-state index in [1.807, 2.05) is 27.9 Å². The van der Waals surface area contributed by atoms with Gasteiger partial charge in [-0.3, -0.25) is 14.2 Å². The van der Waals surface area contributed by atoms with E-state index in [2.05, 4.69) is 10.2 Å². The monoisotopic (exact) mass is 422 g/mol. The lowest BCUT2D eigenvalue weighted by molar-refractivity contribution is -0.119. The quantitative estimate of drug-likeness (QED) is 0.523. The van der Waals surface area contributed by atoms with Crippen molar-refractivity contribution in [2.75, 3.05) is 26.4 Å². The second kappa shape index (κ2) is 9.41. The van der Waals surface area contributed by atoms with Crippen LogP contribution in [0.3, 0.4) is 0 Å². The molecule has 0 atom stereocenters. The van der Waals surface area contributed by atoms with Gasteiger partial charge in [-0.05, 0) is 72.2 Å². The van der Waals surface area contributed by atoms with Gasteiger partial charge in [-0.25, -0.2) is 4.98 Å². The number of aromatic nitrogens is 2. The van der Waals surface area contributed by atoms with Crippen molar-refractivity contribution in [2.45, 2.75) is 63.7 Å². The number of nitrogens with zero attached hydrogens (tertiary/aromatic N) is 3. The minimum atomic E-state index is -0.0281. The van der Waals surface area contributed by atoms with Crippen molar-refractivity contribution in [3.63, 3.8) is 0 Å². The summed E-state index contributed by atoms with van der Waals surface area (Å²) >= 11 is 3.03. The molecule has 0 saturated heterocycles. The normalized spacial score (nSPS) is 14.1. The molecule has 0 unspecified atom stereocenters. The number of nitrogens with one attached hydrogen (secondary N) is 1. The van der Waals surface area contributed by atoms with Gasteiger partial charge in [-0.1, -0.05) is 11.8 Å². The van der Waals surface area contributed by atoms with Crippen LogP contribution in [0.2, 0.25) is 0 Å². The van der Waals surface area contributed by atoms with E-state index in [4.69, 9.17) is 4.98 Å². The van der Waals surface area contributed by atoms with E-state index in [-0.39, 0.29) is 23.3 Å². The molecule has 0 saturated carbocycles. The molecule has 2 aromatic heterocycles. The van der Waals surface area contributed by atoms with Crippen molar-refractivity contribution < 1.29 is 4.79 Å². The third kappa shape index (κ3) is 4.96. The number of carbonyl (C=O) groups is 1. The van der Waals surface area contributed by atoms with Gasteiger partial charge in [0.25, 0.3) is 5.56 Å².